The lowest BCUT2D eigenvalue weighted by Crippen LogP contribution is -2.18. The zero-order valence-electron chi connectivity index (χ0n) is 19.9. The molecule has 0 bridgehead atoms. The van der Waals surface area contributed by atoms with E-state index in [1.165, 1.54) is 11.1 Å². The van der Waals surface area contributed by atoms with Crippen molar-refractivity contribution in [1.29, 1.82) is 0 Å². The van der Waals surface area contributed by atoms with Gasteiger partial charge in [0.2, 0.25) is 0 Å². The van der Waals surface area contributed by atoms with Crippen LogP contribution in [0.1, 0.15) is 28.2 Å². The van der Waals surface area contributed by atoms with Crippen molar-refractivity contribution in [3.63, 3.8) is 0 Å². The van der Waals surface area contributed by atoms with Crippen LogP contribution in [0.25, 0.3) is 16.7 Å². The van der Waals surface area contributed by atoms with Crippen LogP contribution in [-0.4, -0.2) is 11.2 Å². The average Bonchev–Trinajstić information content (AvgIpc) is 2.94. The van der Waals surface area contributed by atoms with Gasteiger partial charge in [0.25, 0.3) is 0 Å². The maximum absolute atomic E-state index is 6.54. The molecule has 1 aliphatic heterocycles. The van der Waals surface area contributed by atoms with Crippen LogP contribution in [0.5, 0.6) is 5.75 Å². The molecular weight excluding hydrogens is 442 g/mol. The number of nitrogens with zero attached hydrogens (tertiary/aromatic N) is 2. The number of hydrogen-bond acceptors (Lipinski definition) is 4. The summed E-state index contributed by atoms with van der Waals surface area (Å²) in [6.45, 7) is 2.16. The SMILES string of the molecule is Cc1ccccc1[C@@H]1C(C=NNc2cccc3cccnc23)=C(c2ccccc2)Oc2ccccc21. The van der Waals surface area contributed by atoms with E-state index in [0.717, 1.165) is 44.8 Å². The average molecular weight is 468 g/mol. The first-order chi connectivity index (χ1) is 17.8. The molecule has 174 valence electrons. The second-order valence-corrected chi connectivity index (χ2v) is 8.83. The minimum absolute atomic E-state index is 0.0254. The third-order valence-electron chi connectivity index (χ3n) is 6.57. The highest BCUT2D eigenvalue weighted by molar-refractivity contribution is 5.95. The minimum atomic E-state index is -0.0254. The number of aryl methyl sites for hydroxylation is 1. The molecule has 0 saturated carbocycles. The summed E-state index contributed by atoms with van der Waals surface area (Å²) >= 11 is 0. The van der Waals surface area contributed by atoms with Crippen LogP contribution < -0.4 is 10.2 Å². The summed E-state index contributed by atoms with van der Waals surface area (Å²) in [6.07, 6.45) is 3.70. The molecule has 1 aromatic heterocycles. The van der Waals surface area contributed by atoms with Gasteiger partial charge in [-0.25, -0.2) is 0 Å². The van der Waals surface area contributed by atoms with Gasteiger partial charge in [-0.2, -0.15) is 5.10 Å². The molecule has 4 heteroatoms. The van der Waals surface area contributed by atoms with Crippen molar-refractivity contribution >= 4 is 28.6 Å². The fourth-order valence-corrected chi connectivity index (χ4v) is 4.84. The quantitative estimate of drug-likeness (QED) is 0.214. The highest BCUT2D eigenvalue weighted by atomic mass is 16.5. The van der Waals surface area contributed by atoms with E-state index < -0.39 is 0 Å². The van der Waals surface area contributed by atoms with Crippen molar-refractivity contribution in [1.82, 2.24) is 4.98 Å². The Balaban J connectivity index is 1.50. The molecule has 36 heavy (non-hydrogen) atoms. The molecule has 0 spiro atoms. The van der Waals surface area contributed by atoms with Crippen LogP contribution >= 0.6 is 0 Å². The van der Waals surface area contributed by atoms with E-state index in [9.17, 15) is 0 Å². The molecule has 4 aromatic carbocycles. The monoisotopic (exact) mass is 467 g/mol. The third-order valence-corrected chi connectivity index (χ3v) is 6.57. The summed E-state index contributed by atoms with van der Waals surface area (Å²) < 4.78 is 6.54. The smallest absolute Gasteiger partial charge is 0.140 e. The molecular formula is C32H25N3O. The Hall–Kier alpha value is -4.70. The lowest BCUT2D eigenvalue weighted by atomic mass is 9.80. The second kappa shape index (κ2) is 9.51. The van der Waals surface area contributed by atoms with Crippen molar-refractivity contribution in [3.8, 4) is 5.75 Å². The van der Waals surface area contributed by atoms with Gasteiger partial charge in [-0.05, 0) is 36.2 Å². The molecule has 0 radical (unpaired) electrons. The van der Waals surface area contributed by atoms with Crippen molar-refractivity contribution in [3.05, 3.63) is 143 Å². The summed E-state index contributed by atoms with van der Waals surface area (Å²) in [5.41, 5.74) is 10.6. The fraction of sp³-hybridized carbons (Fsp3) is 0.0625. The van der Waals surface area contributed by atoms with E-state index in [4.69, 9.17) is 9.84 Å². The molecule has 6 rings (SSSR count). The Labute approximate surface area is 210 Å². The summed E-state index contributed by atoms with van der Waals surface area (Å²) in [4.78, 5) is 4.54. The lowest BCUT2D eigenvalue weighted by molar-refractivity contribution is 0.489. The van der Waals surface area contributed by atoms with Crippen molar-refractivity contribution < 1.29 is 4.74 Å². The molecule has 1 aliphatic rings. The number of hydrogen-bond donors (Lipinski definition) is 1. The van der Waals surface area contributed by atoms with Gasteiger partial charge in [0.15, 0.2) is 0 Å². The zero-order chi connectivity index (χ0) is 24.3. The van der Waals surface area contributed by atoms with Gasteiger partial charge in [-0.3, -0.25) is 10.4 Å². The number of para-hydroxylation sites is 2. The fourth-order valence-electron chi connectivity index (χ4n) is 4.84. The Morgan fingerprint density at radius 3 is 2.39 bits per heavy atom. The highest BCUT2D eigenvalue weighted by Gasteiger charge is 2.31. The first kappa shape index (κ1) is 21.8. The molecule has 2 heterocycles. The number of allylic oxidation sites excluding steroid dienone is 1. The van der Waals surface area contributed by atoms with Gasteiger partial charge in [0, 0.05) is 34.2 Å². The number of aromatic nitrogens is 1. The lowest BCUT2D eigenvalue weighted by Gasteiger charge is -2.30. The van der Waals surface area contributed by atoms with E-state index in [0.29, 0.717) is 0 Å². The maximum atomic E-state index is 6.54. The largest absolute Gasteiger partial charge is 0.456 e. The number of hydrazone groups is 1. The molecule has 0 amide bonds. The van der Waals surface area contributed by atoms with Crippen molar-refractivity contribution in [2.45, 2.75) is 12.8 Å². The van der Waals surface area contributed by atoms with Crippen LogP contribution in [-0.2, 0) is 0 Å². The highest BCUT2D eigenvalue weighted by Crippen LogP contribution is 2.45. The molecule has 0 saturated heterocycles. The molecule has 0 aliphatic carbocycles. The van der Waals surface area contributed by atoms with Gasteiger partial charge in [-0.15, -0.1) is 0 Å². The van der Waals surface area contributed by atoms with Crippen molar-refractivity contribution in [2.75, 3.05) is 5.43 Å². The maximum Gasteiger partial charge on any atom is 0.140 e. The molecule has 1 atom stereocenters. The van der Waals surface area contributed by atoms with E-state index in [1.807, 2.05) is 66.9 Å². The van der Waals surface area contributed by atoms with Crippen LogP contribution in [0.15, 0.2) is 126 Å². The summed E-state index contributed by atoms with van der Waals surface area (Å²) in [6, 6.07) is 37.1. The molecule has 0 unspecified atom stereocenters. The van der Waals surface area contributed by atoms with Crippen LogP contribution in [0.3, 0.4) is 0 Å². The number of rotatable bonds is 5. The van der Waals surface area contributed by atoms with Gasteiger partial charge in [0.05, 0.1) is 17.4 Å². The predicted octanol–water partition coefficient (Wildman–Crippen LogP) is 7.58. The first-order valence-electron chi connectivity index (χ1n) is 12.0. The van der Waals surface area contributed by atoms with Gasteiger partial charge in [-0.1, -0.05) is 91.0 Å². The normalized spacial score (nSPS) is 15.1. The summed E-state index contributed by atoms with van der Waals surface area (Å²) in [7, 11) is 0. The Morgan fingerprint density at radius 2 is 1.53 bits per heavy atom. The predicted molar refractivity (Wildman–Crippen MR) is 147 cm³/mol. The van der Waals surface area contributed by atoms with Crippen LogP contribution in [0.2, 0.25) is 0 Å². The van der Waals surface area contributed by atoms with E-state index >= 15 is 0 Å². The van der Waals surface area contributed by atoms with Gasteiger partial charge >= 0.3 is 0 Å². The number of anilines is 1. The number of fused-ring (bicyclic) bond motifs is 2. The molecule has 5 aromatic rings. The Morgan fingerprint density at radius 1 is 0.778 bits per heavy atom. The van der Waals surface area contributed by atoms with E-state index in [1.54, 1.807) is 6.20 Å². The molecule has 1 N–H and O–H groups in total. The first-order valence-corrected chi connectivity index (χ1v) is 12.0. The number of pyridine rings is 1. The standard InChI is InChI=1S/C32H25N3O/c1-22-11-5-6-16-25(22)30-26-17-7-8-19-29(26)36-32(24-12-3-2-4-13-24)27(30)21-34-35-28-18-9-14-23-15-10-20-33-31(23)28/h2-21,30,35H,1H3/t30-/m0/s1. The zero-order valence-corrected chi connectivity index (χ0v) is 19.9. The Bertz CT molecular complexity index is 1600. The van der Waals surface area contributed by atoms with Gasteiger partial charge < -0.3 is 4.74 Å². The number of ether oxygens (including phenoxy) is 1. The van der Waals surface area contributed by atoms with Crippen LogP contribution in [0.4, 0.5) is 5.69 Å². The summed E-state index contributed by atoms with van der Waals surface area (Å²) in [5.74, 6) is 1.65. The number of nitrogens with one attached hydrogen (secondary N) is 1. The van der Waals surface area contributed by atoms with Crippen LogP contribution in [0, 0.1) is 6.92 Å². The topological polar surface area (TPSA) is 46.5 Å². The second-order valence-electron chi connectivity index (χ2n) is 8.83. The molecule has 0 fully saturated rings. The molecule has 4 nitrogen and oxygen atoms in total. The summed E-state index contributed by atoms with van der Waals surface area (Å²) in [5, 5.41) is 5.78. The van der Waals surface area contributed by atoms with E-state index in [-0.39, 0.29) is 5.92 Å². The third kappa shape index (κ3) is 4.03. The van der Waals surface area contributed by atoms with Gasteiger partial charge in [0.1, 0.15) is 11.5 Å². The van der Waals surface area contributed by atoms with Crippen molar-refractivity contribution in [2.24, 2.45) is 5.10 Å². The Kier molecular flexibility index (Phi) is 5.76. The number of benzene rings is 4. The van der Waals surface area contributed by atoms with E-state index in [2.05, 4.69) is 65.9 Å². The minimum Gasteiger partial charge on any atom is -0.456 e.